The van der Waals surface area contributed by atoms with Crippen molar-refractivity contribution in [1.82, 2.24) is 14.7 Å². The number of nitrogens with zero attached hydrogens (tertiary/aromatic N) is 3. The molecule has 0 saturated carbocycles. The first kappa shape index (κ1) is 31.6. The lowest BCUT2D eigenvalue weighted by Gasteiger charge is -2.45. The number of piperidine rings is 1. The quantitative estimate of drug-likeness (QED) is 0.246. The molecule has 0 aromatic heterocycles. The van der Waals surface area contributed by atoms with E-state index in [1.54, 1.807) is 0 Å². The van der Waals surface area contributed by atoms with Gasteiger partial charge in [-0.3, -0.25) is 4.90 Å². The summed E-state index contributed by atoms with van der Waals surface area (Å²) in [6.07, 6.45) is -11.3. The molecule has 0 N–H and O–H groups in total. The van der Waals surface area contributed by atoms with Crippen LogP contribution in [0, 0.1) is 0 Å². The summed E-state index contributed by atoms with van der Waals surface area (Å²) in [6.45, 7) is 10.7. The summed E-state index contributed by atoms with van der Waals surface area (Å²) >= 11 is 6.87. The summed E-state index contributed by atoms with van der Waals surface area (Å²) in [5.74, 6) is 0. The van der Waals surface area contributed by atoms with Crippen molar-refractivity contribution in [2.24, 2.45) is 0 Å². The number of rotatable bonds is 7. The SMILES string of the molecule is C/C=C(\C(Cl)=C(/C)CN(C)C1(C)CCN(C(=O)OC(C(F)(F)F)C(F)(F)F)CC1)N1C(C)CCC1CC. The van der Waals surface area contributed by atoms with Gasteiger partial charge in [0, 0.05) is 37.3 Å². The second kappa shape index (κ2) is 12.1. The maximum absolute atomic E-state index is 12.8. The molecule has 0 radical (unpaired) electrons. The summed E-state index contributed by atoms with van der Waals surface area (Å²) in [4.78, 5) is 17.5. The van der Waals surface area contributed by atoms with Gasteiger partial charge < -0.3 is 14.5 Å². The highest BCUT2D eigenvalue weighted by molar-refractivity contribution is 6.32. The van der Waals surface area contributed by atoms with E-state index in [9.17, 15) is 31.1 Å². The zero-order valence-corrected chi connectivity index (χ0v) is 23.0. The Hall–Kier alpha value is -1.62. The molecule has 214 valence electrons. The van der Waals surface area contributed by atoms with Crippen LogP contribution < -0.4 is 0 Å². The van der Waals surface area contributed by atoms with E-state index in [1.807, 2.05) is 33.9 Å². The zero-order chi connectivity index (χ0) is 28.3. The predicted molar refractivity (Wildman–Crippen MR) is 131 cm³/mol. The van der Waals surface area contributed by atoms with Gasteiger partial charge in [0.15, 0.2) is 0 Å². The molecule has 0 aromatic carbocycles. The van der Waals surface area contributed by atoms with E-state index in [2.05, 4.69) is 28.4 Å². The molecule has 2 aliphatic rings. The van der Waals surface area contributed by atoms with Gasteiger partial charge in [-0.05, 0) is 72.4 Å². The number of likely N-dealkylation sites (tertiary alicyclic amines) is 2. The number of amides is 1. The van der Waals surface area contributed by atoms with Crippen LogP contribution >= 0.6 is 11.6 Å². The number of alkyl halides is 6. The molecule has 2 heterocycles. The Morgan fingerprint density at radius 3 is 2.16 bits per heavy atom. The number of carbonyl (C=O) groups is 1. The molecule has 0 bridgehead atoms. The van der Waals surface area contributed by atoms with Crippen molar-refractivity contribution < 1.29 is 35.9 Å². The standard InChI is InChI=1S/C25H38ClF6N3O2/c1-7-18-10-9-17(4)35(18)19(8-2)20(26)16(3)15-33(6)23(5)11-13-34(14-12-23)22(36)37-21(24(27,28)29)25(30,31)32/h8,17-18,21H,7,9-15H2,1-6H3/b19-8+,20-16-. The van der Waals surface area contributed by atoms with E-state index in [0.29, 0.717) is 36.5 Å². The van der Waals surface area contributed by atoms with Crippen LogP contribution in [0.1, 0.15) is 66.7 Å². The van der Waals surface area contributed by atoms with Crippen LogP contribution in [0.4, 0.5) is 31.1 Å². The first-order valence-electron chi connectivity index (χ1n) is 12.6. The second-order valence-corrected chi connectivity index (χ2v) is 10.7. The largest absolute Gasteiger partial charge is 0.434 e. The first-order chi connectivity index (χ1) is 17.0. The highest BCUT2D eigenvalue weighted by atomic mass is 35.5. The monoisotopic (exact) mass is 561 g/mol. The highest BCUT2D eigenvalue weighted by Gasteiger charge is 2.60. The third kappa shape index (κ3) is 7.49. The third-order valence-corrected chi connectivity index (χ3v) is 8.23. The normalized spacial score (nSPS) is 24.1. The summed E-state index contributed by atoms with van der Waals surface area (Å²) in [7, 11) is 1.90. The van der Waals surface area contributed by atoms with Crippen LogP contribution in [0.15, 0.2) is 22.4 Å². The van der Waals surface area contributed by atoms with Crippen molar-refractivity contribution in [2.75, 3.05) is 26.7 Å². The number of likely N-dealkylation sites (N-methyl/N-ethyl adjacent to an activating group) is 1. The molecule has 0 aliphatic carbocycles. The predicted octanol–water partition coefficient (Wildman–Crippen LogP) is 7.08. The minimum absolute atomic E-state index is 0.0256. The molecule has 1 amide bonds. The first-order valence-corrected chi connectivity index (χ1v) is 12.9. The highest BCUT2D eigenvalue weighted by Crippen LogP contribution is 2.38. The van der Waals surface area contributed by atoms with Gasteiger partial charge >= 0.3 is 18.4 Å². The fourth-order valence-corrected chi connectivity index (χ4v) is 5.44. The Balaban J connectivity index is 2.05. The molecule has 0 aromatic rings. The molecular formula is C25H38ClF6N3O2. The lowest BCUT2D eigenvalue weighted by molar-refractivity contribution is -0.308. The van der Waals surface area contributed by atoms with Crippen molar-refractivity contribution in [3.8, 4) is 0 Å². The lowest BCUT2D eigenvalue weighted by atomic mass is 9.88. The van der Waals surface area contributed by atoms with E-state index in [1.165, 1.54) is 0 Å². The molecule has 2 fully saturated rings. The molecule has 37 heavy (non-hydrogen) atoms. The van der Waals surface area contributed by atoms with Gasteiger partial charge in [-0.2, -0.15) is 26.3 Å². The van der Waals surface area contributed by atoms with Crippen LogP contribution in [-0.4, -0.2) is 83.6 Å². The number of hydrogen-bond donors (Lipinski definition) is 0. The average Bonchev–Trinajstić information content (AvgIpc) is 3.16. The zero-order valence-electron chi connectivity index (χ0n) is 22.3. The minimum Gasteiger partial charge on any atom is -0.426 e. The Labute approximate surface area is 220 Å². The van der Waals surface area contributed by atoms with Gasteiger partial charge in [-0.25, -0.2) is 4.79 Å². The summed E-state index contributed by atoms with van der Waals surface area (Å²) in [6, 6.07) is 0.808. The van der Waals surface area contributed by atoms with Crippen molar-refractivity contribution in [3.05, 3.63) is 22.4 Å². The van der Waals surface area contributed by atoms with Crippen molar-refractivity contribution >= 4 is 17.7 Å². The third-order valence-electron chi connectivity index (χ3n) is 7.72. The van der Waals surface area contributed by atoms with E-state index in [4.69, 9.17) is 11.6 Å². The summed E-state index contributed by atoms with van der Waals surface area (Å²) in [5.41, 5.74) is 1.51. The van der Waals surface area contributed by atoms with Crippen molar-refractivity contribution in [3.63, 3.8) is 0 Å². The molecule has 2 saturated heterocycles. The van der Waals surface area contributed by atoms with E-state index < -0.39 is 30.1 Å². The Morgan fingerprint density at radius 1 is 1.16 bits per heavy atom. The van der Waals surface area contributed by atoms with Crippen molar-refractivity contribution in [1.29, 1.82) is 0 Å². The van der Waals surface area contributed by atoms with Gasteiger partial charge in [0.05, 0.1) is 10.7 Å². The maximum Gasteiger partial charge on any atom is 0.434 e. The van der Waals surface area contributed by atoms with Crippen LogP contribution in [0.2, 0.25) is 0 Å². The van der Waals surface area contributed by atoms with Gasteiger partial charge in [0.2, 0.25) is 0 Å². The Bertz CT molecular complexity index is 851. The minimum atomic E-state index is -5.74. The number of hydrogen-bond acceptors (Lipinski definition) is 4. The topological polar surface area (TPSA) is 36.0 Å². The molecule has 0 spiro atoms. The number of carbonyl (C=O) groups excluding carboxylic acids is 1. The van der Waals surface area contributed by atoms with Gasteiger partial charge in [-0.15, -0.1) is 0 Å². The Morgan fingerprint density at radius 2 is 1.70 bits per heavy atom. The van der Waals surface area contributed by atoms with Crippen LogP contribution in [0.5, 0.6) is 0 Å². The molecule has 2 aliphatic heterocycles. The van der Waals surface area contributed by atoms with Crippen LogP contribution in [0.25, 0.3) is 0 Å². The van der Waals surface area contributed by atoms with Crippen molar-refractivity contribution in [2.45, 2.75) is 103 Å². The fourth-order valence-electron chi connectivity index (χ4n) is 5.18. The fraction of sp³-hybridized carbons (Fsp3) is 0.800. The number of allylic oxidation sites excluding steroid dienone is 2. The molecule has 5 nitrogen and oxygen atoms in total. The van der Waals surface area contributed by atoms with Crippen LogP contribution in [-0.2, 0) is 4.74 Å². The number of ether oxygens (including phenoxy) is 1. The lowest BCUT2D eigenvalue weighted by Crippen LogP contribution is -2.55. The van der Waals surface area contributed by atoms with Gasteiger partial charge in [0.25, 0.3) is 6.10 Å². The van der Waals surface area contributed by atoms with E-state index >= 15 is 0 Å². The molecule has 2 atom stereocenters. The Kier molecular flexibility index (Phi) is 10.3. The van der Waals surface area contributed by atoms with E-state index in [-0.39, 0.29) is 13.1 Å². The summed E-state index contributed by atoms with van der Waals surface area (Å²) < 4.78 is 80.4. The van der Waals surface area contributed by atoms with Gasteiger partial charge in [-0.1, -0.05) is 24.6 Å². The molecule has 2 unspecified atom stereocenters. The maximum atomic E-state index is 12.8. The van der Waals surface area contributed by atoms with Crippen LogP contribution in [0.3, 0.4) is 0 Å². The van der Waals surface area contributed by atoms with Gasteiger partial charge in [0.1, 0.15) is 0 Å². The summed E-state index contributed by atoms with van der Waals surface area (Å²) in [5, 5.41) is 0.677. The molecule has 12 heteroatoms. The van der Waals surface area contributed by atoms with E-state index in [0.717, 1.165) is 35.4 Å². The number of halogens is 7. The molecular weight excluding hydrogens is 524 g/mol. The smallest absolute Gasteiger partial charge is 0.426 e. The second-order valence-electron chi connectivity index (χ2n) is 10.4. The molecule has 2 rings (SSSR count). The average molecular weight is 562 g/mol.